The highest BCUT2D eigenvalue weighted by molar-refractivity contribution is 9.10. The molecule has 1 aromatic rings. The molecule has 1 aromatic carbocycles. The van der Waals surface area contributed by atoms with Gasteiger partial charge in [-0.05, 0) is 18.2 Å². The Morgan fingerprint density at radius 3 is 2.80 bits per heavy atom. The van der Waals surface area contributed by atoms with E-state index in [-0.39, 0.29) is 12.2 Å². The number of hydrogen-bond acceptors (Lipinski definition) is 4. The van der Waals surface area contributed by atoms with Crippen molar-refractivity contribution in [2.45, 2.75) is 0 Å². The molecule has 0 aliphatic heterocycles. The molecule has 0 saturated heterocycles. The Kier molecular flexibility index (Phi) is 6.96. The molecule has 0 spiro atoms. The summed E-state index contributed by atoms with van der Waals surface area (Å²) in [6.07, 6.45) is 0. The molecule has 3 amide bonds. The van der Waals surface area contributed by atoms with Gasteiger partial charge in [-0.3, -0.25) is 10.1 Å². The van der Waals surface area contributed by atoms with Gasteiger partial charge in [0.25, 0.3) is 0 Å². The van der Waals surface area contributed by atoms with Crippen LogP contribution in [0.4, 0.5) is 14.9 Å². The molecule has 0 atom stereocenters. The van der Waals surface area contributed by atoms with E-state index < -0.39 is 17.8 Å². The lowest BCUT2D eigenvalue weighted by molar-refractivity contribution is -0.118. The van der Waals surface area contributed by atoms with Gasteiger partial charge in [-0.1, -0.05) is 15.9 Å². The number of amides is 3. The largest absolute Gasteiger partial charge is 0.383 e. The zero-order valence-electron chi connectivity index (χ0n) is 10.8. The second-order valence-corrected chi connectivity index (χ2v) is 4.69. The number of carbonyl (C=O) groups excluding carboxylic acids is 2. The van der Waals surface area contributed by atoms with Crippen LogP contribution in [0.25, 0.3) is 0 Å². The van der Waals surface area contributed by atoms with Crippen molar-refractivity contribution in [3.63, 3.8) is 0 Å². The number of nitrogens with one attached hydrogen (secondary N) is 3. The Labute approximate surface area is 124 Å². The van der Waals surface area contributed by atoms with E-state index in [2.05, 4.69) is 31.9 Å². The number of hydrogen-bond donors (Lipinski definition) is 3. The topological polar surface area (TPSA) is 79.5 Å². The van der Waals surface area contributed by atoms with Crippen molar-refractivity contribution < 1.29 is 18.7 Å². The number of urea groups is 1. The maximum absolute atomic E-state index is 13.5. The van der Waals surface area contributed by atoms with Crippen LogP contribution in [0.2, 0.25) is 0 Å². The number of ether oxygens (including phenoxy) is 1. The molecule has 0 radical (unpaired) electrons. The standard InChI is InChI=1S/C12H15BrFN3O3/c1-20-5-4-15-12(19)17-11(18)7-16-10-3-2-8(13)6-9(10)14/h2-3,6,16H,4-5,7H2,1H3,(H2,15,17,18,19). The highest BCUT2D eigenvalue weighted by Gasteiger charge is 2.08. The van der Waals surface area contributed by atoms with Gasteiger partial charge in [-0.25, -0.2) is 9.18 Å². The van der Waals surface area contributed by atoms with Gasteiger partial charge >= 0.3 is 6.03 Å². The van der Waals surface area contributed by atoms with Crippen molar-refractivity contribution in [2.24, 2.45) is 0 Å². The van der Waals surface area contributed by atoms with Crippen molar-refractivity contribution in [2.75, 3.05) is 32.1 Å². The lowest BCUT2D eigenvalue weighted by Gasteiger charge is -2.09. The van der Waals surface area contributed by atoms with Crippen LogP contribution >= 0.6 is 15.9 Å². The molecule has 3 N–H and O–H groups in total. The molecule has 1 rings (SSSR count). The van der Waals surface area contributed by atoms with E-state index >= 15 is 0 Å². The third-order valence-corrected chi connectivity index (χ3v) is 2.71. The molecule has 0 bridgehead atoms. The highest BCUT2D eigenvalue weighted by atomic mass is 79.9. The van der Waals surface area contributed by atoms with E-state index in [1.54, 1.807) is 6.07 Å². The number of methoxy groups -OCH3 is 1. The first kappa shape index (κ1) is 16.4. The number of rotatable bonds is 6. The molecule has 6 nitrogen and oxygen atoms in total. The first-order valence-corrected chi connectivity index (χ1v) is 6.57. The fourth-order valence-corrected chi connectivity index (χ4v) is 1.62. The summed E-state index contributed by atoms with van der Waals surface area (Å²) in [7, 11) is 1.50. The van der Waals surface area contributed by atoms with Crippen molar-refractivity contribution in [1.29, 1.82) is 0 Å². The van der Waals surface area contributed by atoms with Crippen LogP contribution in [-0.4, -0.2) is 38.7 Å². The van der Waals surface area contributed by atoms with Crippen molar-refractivity contribution in [3.8, 4) is 0 Å². The lowest BCUT2D eigenvalue weighted by Crippen LogP contribution is -2.43. The minimum Gasteiger partial charge on any atom is -0.383 e. The average molecular weight is 348 g/mol. The quantitative estimate of drug-likeness (QED) is 0.681. The molecule has 0 heterocycles. The van der Waals surface area contributed by atoms with Crippen molar-refractivity contribution in [1.82, 2.24) is 10.6 Å². The Morgan fingerprint density at radius 1 is 1.40 bits per heavy atom. The Hall–Kier alpha value is -1.67. The summed E-state index contributed by atoms with van der Waals surface area (Å²) >= 11 is 3.13. The molecule has 0 unspecified atom stereocenters. The second-order valence-electron chi connectivity index (χ2n) is 3.77. The summed E-state index contributed by atoms with van der Waals surface area (Å²) in [5.41, 5.74) is 0.183. The van der Waals surface area contributed by atoms with Crippen molar-refractivity contribution in [3.05, 3.63) is 28.5 Å². The van der Waals surface area contributed by atoms with E-state index in [0.717, 1.165) is 0 Å². The van der Waals surface area contributed by atoms with Crippen molar-refractivity contribution >= 4 is 33.6 Å². The zero-order valence-corrected chi connectivity index (χ0v) is 12.4. The predicted octanol–water partition coefficient (Wildman–Crippen LogP) is 1.47. The number of anilines is 1. The maximum atomic E-state index is 13.5. The molecule has 0 aliphatic carbocycles. The summed E-state index contributed by atoms with van der Waals surface area (Å²) in [5.74, 6) is -1.06. The molecule has 0 fully saturated rings. The number of halogens is 2. The molecular formula is C12H15BrFN3O3. The second kappa shape index (κ2) is 8.49. The molecule has 8 heteroatoms. The lowest BCUT2D eigenvalue weighted by atomic mass is 10.3. The number of imide groups is 1. The van der Waals surface area contributed by atoms with Crippen LogP contribution in [-0.2, 0) is 9.53 Å². The highest BCUT2D eigenvalue weighted by Crippen LogP contribution is 2.18. The van der Waals surface area contributed by atoms with Gasteiger partial charge < -0.3 is 15.4 Å². The SMILES string of the molecule is COCCNC(=O)NC(=O)CNc1ccc(Br)cc1F. The van der Waals surface area contributed by atoms with E-state index in [4.69, 9.17) is 4.74 Å². The Balaban J connectivity index is 2.34. The Bertz CT molecular complexity index is 485. The van der Waals surface area contributed by atoms with Gasteiger partial charge in [0.15, 0.2) is 0 Å². The summed E-state index contributed by atoms with van der Waals surface area (Å²) in [6.45, 7) is 0.435. The van der Waals surface area contributed by atoms with Crippen LogP contribution in [0.1, 0.15) is 0 Å². The molecular weight excluding hydrogens is 333 g/mol. The molecule has 20 heavy (non-hydrogen) atoms. The van der Waals surface area contributed by atoms with Crippen LogP contribution in [0.15, 0.2) is 22.7 Å². The zero-order chi connectivity index (χ0) is 15.0. The smallest absolute Gasteiger partial charge is 0.321 e. The normalized spacial score (nSPS) is 9.95. The van der Waals surface area contributed by atoms with Crippen LogP contribution < -0.4 is 16.0 Å². The van der Waals surface area contributed by atoms with E-state index in [1.165, 1.54) is 19.2 Å². The summed E-state index contributed by atoms with van der Waals surface area (Å²) in [6, 6.07) is 3.79. The minimum absolute atomic E-state index is 0.183. The number of carbonyl (C=O) groups is 2. The van der Waals surface area contributed by atoms with Gasteiger partial charge in [0.1, 0.15) is 5.82 Å². The van der Waals surface area contributed by atoms with Gasteiger partial charge in [0.05, 0.1) is 18.8 Å². The first-order valence-electron chi connectivity index (χ1n) is 5.78. The van der Waals surface area contributed by atoms with Crippen LogP contribution in [0, 0.1) is 5.82 Å². The third-order valence-electron chi connectivity index (χ3n) is 2.22. The van der Waals surface area contributed by atoms with Crippen LogP contribution in [0.3, 0.4) is 0 Å². The fourth-order valence-electron chi connectivity index (χ4n) is 1.29. The first-order chi connectivity index (χ1) is 9.52. The van der Waals surface area contributed by atoms with E-state index in [9.17, 15) is 14.0 Å². The van der Waals surface area contributed by atoms with E-state index in [0.29, 0.717) is 17.6 Å². The van der Waals surface area contributed by atoms with Gasteiger partial charge in [-0.2, -0.15) is 0 Å². The monoisotopic (exact) mass is 347 g/mol. The van der Waals surface area contributed by atoms with Crippen LogP contribution in [0.5, 0.6) is 0 Å². The fraction of sp³-hybridized carbons (Fsp3) is 0.333. The summed E-state index contributed by atoms with van der Waals surface area (Å²) < 4.78 is 18.8. The molecule has 0 aromatic heterocycles. The summed E-state index contributed by atoms with van der Waals surface area (Å²) in [5, 5.41) is 7.13. The van der Waals surface area contributed by atoms with Gasteiger partial charge in [0, 0.05) is 18.1 Å². The third kappa shape index (κ3) is 5.98. The predicted molar refractivity (Wildman–Crippen MR) is 76.0 cm³/mol. The molecule has 110 valence electrons. The number of benzene rings is 1. The molecule has 0 saturated carbocycles. The van der Waals surface area contributed by atoms with Gasteiger partial charge in [-0.15, -0.1) is 0 Å². The summed E-state index contributed by atoms with van der Waals surface area (Å²) in [4.78, 5) is 22.7. The Morgan fingerprint density at radius 2 is 2.15 bits per heavy atom. The van der Waals surface area contributed by atoms with Gasteiger partial charge in [0.2, 0.25) is 5.91 Å². The maximum Gasteiger partial charge on any atom is 0.321 e. The molecule has 0 aliphatic rings. The van der Waals surface area contributed by atoms with E-state index in [1.807, 2.05) is 0 Å². The minimum atomic E-state index is -0.620. The average Bonchev–Trinajstić information content (AvgIpc) is 2.38.